The van der Waals surface area contributed by atoms with Crippen LogP contribution in [0.25, 0.3) is 0 Å². The monoisotopic (exact) mass is 340 g/mol. The number of carboxylic acids is 2. The third-order valence-electron chi connectivity index (χ3n) is 2.99. The largest absolute Gasteiger partial charge is 0.480 e. The molecule has 2 atom stereocenters. The molecular weight excluding hydrogens is 324 g/mol. The van der Waals surface area contributed by atoms with Gasteiger partial charge in [-0.1, -0.05) is 12.1 Å². The zero-order chi connectivity index (χ0) is 18.3. The van der Waals surface area contributed by atoms with Gasteiger partial charge in [0.05, 0.1) is 24.3 Å². The molecule has 1 aromatic rings. The Kier molecular flexibility index (Phi) is 6.83. The first-order valence-corrected chi connectivity index (χ1v) is 6.69. The van der Waals surface area contributed by atoms with Crippen molar-refractivity contribution in [1.82, 2.24) is 10.6 Å². The maximum Gasteiger partial charge on any atom is 0.328 e. The van der Waals surface area contributed by atoms with Gasteiger partial charge in [0.1, 0.15) is 0 Å². The number of carbonyl (C=O) groups is 4. The van der Waals surface area contributed by atoms with E-state index >= 15 is 0 Å². The standard InChI is InChI=1S/C14H16N2O8/c17-5-9(13(21)22)15-11(19)7-3-1-2-4-8(7)12(20)16-10(6-18)14(23)24/h1-4,9-10,17-18H,5-6H2,(H,15,19)(H,16,20)(H,21,22)(H,23,24)/t9-,10+. The van der Waals surface area contributed by atoms with Crippen LogP contribution in [0.1, 0.15) is 20.7 Å². The Labute approximate surface area is 135 Å². The fraction of sp³-hybridized carbons (Fsp3) is 0.286. The lowest BCUT2D eigenvalue weighted by Crippen LogP contribution is -2.45. The number of carboxylic acid groups (broad SMARTS) is 2. The van der Waals surface area contributed by atoms with Crippen LogP contribution in [0.2, 0.25) is 0 Å². The van der Waals surface area contributed by atoms with Crippen LogP contribution in [0, 0.1) is 0 Å². The SMILES string of the molecule is O=C(N[C@@H](CO)C(=O)O)c1ccccc1C(=O)N[C@H](CO)C(=O)O. The summed E-state index contributed by atoms with van der Waals surface area (Å²) >= 11 is 0. The lowest BCUT2D eigenvalue weighted by molar-refractivity contribution is -0.141. The summed E-state index contributed by atoms with van der Waals surface area (Å²) in [5, 5.41) is 39.5. The molecular formula is C14H16N2O8. The Morgan fingerprint density at radius 3 is 1.38 bits per heavy atom. The highest BCUT2D eigenvalue weighted by Gasteiger charge is 2.25. The number of amides is 2. The summed E-state index contributed by atoms with van der Waals surface area (Å²) in [5.41, 5.74) is -0.423. The molecule has 0 aliphatic rings. The highest BCUT2D eigenvalue weighted by molar-refractivity contribution is 6.08. The van der Waals surface area contributed by atoms with Crippen molar-refractivity contribution in [1.29, 1.82) is 0 Å². The van der Waals surface area contributed by atoms with E-state index in [1.807, 2.05) is 10.6 Å². The lowest BCUT2D eigenvalue weighted by Gasteiger charge is -2.15. The summed E-state index contributed by atoms with van der Waals surface area (Å²) in [7, 11) is 0. The van der Waals surface area contributed by atoms with Gasteiger partial charge >= 0.3 is 11.9 Å². The minimum atomic E-state index is -1.56. The van der Waals surface area contributed by atoms with Gasteiger partial charge in [-0.25, -0.2) is 9.59 Å². The number of aliphatic hydroxyl groups excluding tert-OH is 2. The highest BCUT2D eigenvalue weighted by Crippen LogP contribution is 2.09. The highest BCUT2D eigenvalue weighted by atomic mass is 16.4. The summed E-state index contributed by atoms with van der Waals surface area (Å²) in [4.78, 5) is 45.9. The zero-order valence-electron chi connectivity index (χ0n) is 12.3. The average molecular weight is 340 g/mol. The van der Waals surface area contributed by atoms with Crippen molar-refractivity contribution in [2.45, 2.75) is 12.1 Å². The van der Waals surface area contributed by atoms with Crippen molar-refractivity contribution in [3.05, 3.63) is 35.4 Å². The molecule has 2 amide bonds. The van der Waals surface area contributed by atoms with E-state index in [-0.39, 0.29) is 11.1 Å². The van der Waals surface area contributed by atoms with E-state index in [1.54, 1.807) is 0 Å². The fourth-order valence-electron chi connectivity index (χ4n) is 1.72. The summed E-state index contributed by atoms with van der Waals surface area (Å²) in [6.45, 7) is -1.69. The third kappa shape index (κ3) is 4.76. The van der Waals surface area contributed by atoms with E-state index in [0.717, 1.165) is 0 Å². The smallest absolute Gasteiger partial charge is 0.328 e. The molecule has 0 radical (unpaired) electrons. The van der Waals surface area contributed by atoms with Crippen LogP contribution in [0.5, 0.6) is 0 Å². The molecule has 0 saturated carbocycles. The van der Waals surface area contributed by atoms with Gasteiger partial charge in [0.25, 0.3) is 11.8 Å². The maximum atomic E-state index is 12.1. The van der Waals surface area contributed by atoms with Crippen LogP contribution in [-0.2, 0) is 9.59 Å². The second kappa shape index (κ2) is 8.60. The number of aliphatic hydroxyl groups is 2. The van der Waals surface area contributed by atoms with Gasteiger partial charge < -0.3 is 31.1 Å². The van der Waals surface area contributed by atoms with Crippen LogP contribution in [0.4, 0.5) is 0 Å². The van der Waals surface area contributed by atoms with E-state index in [0.29, 0.717) is 0 Å². The molecule has 0 fully saturated rings. The van der Waals surface area contributed by atoms with E-state index in [1.165, 1.54) is 24.3 Å². The van der Waals surface area contributed by atoms with Crippen molar-refractivity contribution in [2.24, 2.45) is 0 Å². The molecule has 0 aliphatic heterocycles. The summed E-state index contributed by atoms with van der Waals surface area (Å²) in [6, 6.07) is 2.18. The van der Waals surface area contributed by atoms with Crippen LogP contribution >= 0.6 is 0 Å². The number of rotatable bonds is 8. The number of hydrogen-bond donors (Lipinski definition) is 6. The molecule has 0 unspecified atom stereocenters. The summed E-state index contributed by atoms with van der Waals surface area (Å²) < 4.78 is 0. The molecule has 130 valence electrons. The van der Waals surface area contributed by atoms with E-state index < -0.39 is 49.1 Å². The Morgan fingerprint density at radius 2 is 1.12 bits per heavy atom. The second-order valence-corrected chi connectivity index (χ2v) is 4.64. The van der Waals surface area contributed by atoms with Gasteiger partial charge in [0, 0.05) is 0 Å². The lowest BCUT2D eigenvalue weighted by atomic mass is 10.1. The summed E-state index contributed by atoms with van der Waals surface area (Å²) in [5.74, 6) is -4.78. The fourth-order valence-corrected chi connectivity index (χ4v) is 1.72. The summed E-state index contributed by atoms with van der Waals surface area (Å²) in [6.07, 6.45) is 0. The molecule has 0 spiro atoms. The third-order valence-corrected chi connectivity index (χ3v) is 2.99. The molecule has 1 aromatic carbocycles. The minimum Gasteiger partial charge on any atom is -0.480 e. The molecule has 24 heavy (non-hydrogen) atoms. The van der Waals surface area contributed by atoms with Gasteiger partial charge in [-0.3, -0.25) is 9.59 Å². The zero-order valence-corrected chi connectivity index (χ0v) is 12.3. The number of hydrogen-bond acceptors (Lipinski definition) is 6. The van der Waals surface area contributed by atoms with Gasteiger partial charge in [-0.15, -0.1) is 0 Å². The van der Waals surface area contributed by atoms with Crippen LogP contribution in [0.3, 0.4) is 0 Å². The van der Waals surface area contributed by atoms with Crippen molar-refractivity contribution >= 4 is 23.8 Å². The first-order chi connectivity index (χ1) is 11.3. The van der Waals surface area contributed by atoms with Crippen molar-refractivity contribution in [2.75, 3.05) is 13.2 Å². The van der Waals surface area contributed by atoms with E-state index in [4.69, 9.17) is 20.4 Å². The van der Waals surface area contributed by atoms with Crippen LogP contribution < -0.4 is 10.6 Å². The number of nitrogens with one attached hydrogen (secondary N) is 2. The molecule has 0 heterocycles. The molecule has 0 aromatic heterocycles. The Hall–Kier alpha value is -2.98. The van der Waals surface area contributed by atoms with Gasteiger partial charge in [-0.05, 0) is 12.1 Å². The molecule has 6 N–H and O–H groups in total. The molecule has 10 nitrogen and oxygen atoms in total. The first-order valence-electron chi connectivity index (χ1n) is 6.69. The average Bonchev–Trinajstić information content (AvgIpc) is 2.56. The molecule has 0 aliphatic carbocycles. The second-order valence-electron chi connectivity index (χ2n) is 4.64. The number of aliphatic carboxylic acids is 2. The Bertz CT molecular complexity index is 590. The van der Waals surface area contributed by atoms with Crippen molar-refractivity contribution < 1.29 is 39.6 Å². The van der Waals surface area contributed by atoms with Crippen LogP contribution in [0.15, 0.2) is 24.3 Å². The van der Waals surface area contributed by atoms with Gasteiger partial charge in [-0.2, -0.15) is 0 Å². The first kappa shape index (κ1) is 19.1. The number of benzene rings is 1. The van der Waals surface area contributed by atoms with Gasteiger partial charge in [0.2, 0.25) is 0 Å². The molecule has 10 heteroatoms. The van der Waals surface area contributed by atoms with E-state index in [9.17, 15) is 19.2 Å². The van der Waals surface area contributed by atoms with Crippen molar-refractivity contribution in [3.63, 3.8) is 0 Å². The maximum absolute atomic E-state index is 12.1. The molecule has 1 rings (SSSR count). The predicted octanol–water partition coefficient (Wildman–Crippen LogP) is -1.96. The molecule has 0 bridgehead atoms. The Morgan fingerprint density at radius 1 is 0.792 bits per heavy atom. The molecule has 0 saturated heterocycles. The van der Waals surface area contributed by atoms with Crippen LogP contribution in [-0.4, -0.2) is 69.5 Å². The number of carbonyl (C=O) groups excluding carboxylic acids is 2. The predicted molar refractivity (Wildman–Crippen MR) is 78.4 cm³/mol. The Balaban J connectivity index is 3.03. The van der Waals surface area contributed by atoms with Crippen molar-refractivity contribution in [3.8, 4) is 0 Å². The minimum absolute atomic E-state index is 0.211. The topological polar surface area (TPSA) is 173 Å². The van der Waals surface area contributed by atoms with Gasteiger partial charge in [0.15, 0.2) is 12.1 Å². The van der Waals surface area contributed by atoms with E-state index in [2.05, 4.69) is 0 Å². The quantitative estimate of drug-likeness (QED) is 0.316. The normalized spacial score (nSPS) is 12.8.